The summed E-state index contributed by atoms with van der Waals surface area (Å²) in [6.45, 7) is 0.453. The van der Waals surface area contributed by atoms with Crippen LogP contribution in [0.4, 0.5) is 4.39 Å². The molecule has 0 aliphatic heterocycles. The van der Waals surface area contributed by atoms with Crippen LogP contribution in [0.2, 0.25) is 0 Å². The van der Waals surface area contributed by atoms with E-state index >= 15 is 0 Å². The Kier molecular flexibility index (Phi) is 6.48. The van der Waals surface area contributed by atoms with Gasteiger partial charge in [0.2, 0.25) is 0 Å². The van der Waals surface area contributed by atoms with Gasteiger partial charge in [0, 0.05) is 19.2 Å². The molecule has 2 aromatic rings. The Bertz CT molecular complexity index is 716. The minimum Gasteiger partial charge on any atom is -0.481 e. The number of aliphatic carboxylic acids is 1. The van der Waals surface area contributed by atoms with Crippen molar-refractivity contribution in [3.63, 3.8) is 0 Å². The minimum absolute atomic E-state index is 0.140. The van der Waals surface area contributed by atoms with Crippen LogP contribution >= 0.6 is 15.9 Å². The first kappa shape index (κ1) is 18.1. The zero-order chi connectivity index (χ0) is 17.5. The molecule has 128 valence electrons. The maximum absolute atomic E-state index is 13.0. The van der Waals surface area contributed by atoms with Gasteiger partial charge in [-0.1, -0.05) is 6.42 Å². The summed E-state index contributed by atoms with van der Waals surface area (Å²) >= 11 is 3.30. The van der Waals surface area contributed by atoms with Gasteiger partial charge in [0.15, 0.2) is 5.69 Å². The number of hydrogen-bond donors (Lipinski definition) is 2. The summed E-state index contributed by atoms with van der Waals surface area (Å²) < 4.78 is 15.0. The van der Waals surface area contributed by atoms with Crippen molar-refractivity contribution in [1.82, 2.24) is 15.1 Å². The Morgan fingerprint density at radius 2 is 1.92 bits per heavy atom. The number of unbranched alkanes of at least 4 members (excludes halogenated alkanes) is 2. The summed E-state index contributed by atoms with van der Waals surface area (Å²) in [7, 11) is 0. The van der Waals surface area contributed by atoms with Crippen molar-refractivity contribution >= 4 is 27.8 Å². The van der Waals surface area contributed by atoms with Gasteiger partial charge in [-0.15, -0.1) is 0 Å². The molecular formula is C16H17BrFN3O3. The number of amides is 1. The molecule has 0 aliphatic rings. The maximum Gasteiger partial charge on any atom is 0.303 e. The SMILES string of the molecule is O=C(O)CCCCCNC(=O)c1nn(-c2ccc(F)cc2)cc1Br. The average molecular weight is 398 g/mol. The topological polar surface area (TPSA) is 84.2 Å². The third kappa shape index (κ3) is 5.16. The van der Waals surface area contributed by atoms with E-state index in [0.29, 0.717) is 29.5 Å². The Balaban J connectivity index is 1.88. The number of carboxylic acid groups (broad SMARTS) is 1. The van der Waals surface area contributed by atoms with Crippen LogP contribution < -0.4 is 5.32 Å². The van der Waals surface area contributed by atoms with E-state index in [0.717, 1.165) is 6.42 Å². The molecule has 0 atom stereocenters. The van der Waals surface area contributed by atoms with E-state index in [1.165, 1.54) is 16.8 Å². The van der Waals surface area contributed by atoms with E-state index in [2.05, 4.69) is 26.3 Å². The lowest BCUT2D eigenvalue weighted by Gasteiger charge is -2.03. The normalized spacial score (nSPS) is 10.6. The summed E-state index contributed by atoms with van der Waals surface area (Å²) in [6, 6.07) is 5.78. The lowest BCUT2D eigenvalue weighted by Crippen LogP contribution is -2.25. The average Bonchev–Trinajstić information content (AvgIpc) is 2.93. The van der Waals surface area contributed by atoms with Crippen LogP contribution in [0.25, 0.3) is 5.69 Å². The van der Waals surface area contributed by atoms with Crippen molar-refractivity contribution in [2.75, 3.05) is 6.54 Å². The second kappa shape index (κ2) is 8.58. The lowest BCUT2D eigenvalue weighted by atomic mass is 10.2. The third-order valence-corrected chi connectivity index (χ3v) is 3.91. The van der Waals surface area contributed by atoms with E-state index in [4.69, 9.17) is 5.11 Å². The Morgan fingerprint density at radius 3 is 2.58 bits per heavy atom. The molecule has 6 nitrogen and oxygen atoms in total. The Hall–Kier alpha value is -2.22. The molecule has 1 amide bonds. The van der Waals surface area contributed by atoms with Crippen LogP contribution in [-0.4, -0.2) is 33.3 Å². The highest BCUT2D eigenvalue weighted by Crippen LogP contribution is 2.18. The predicted molar refractivity (Wildman–Crippen MR) is 89.7 cm³/mol. The van der Waals surface area contributed by atoms with Crippen molar-refractivity contribution < 1.29 is 19.1 Å². The van der Waals surface area contributed by atoms with Gasteiger partial charge in [0.25, 0.3) is 5.91 Å². The number of rotatable bonds is 8. The number of benzene rings is 1. The molecule has 0 bridgehead atoms. The van der Waals surface area contributed by atoms with Crippen molar-refractivity contribution in [2.24, 2.45) is 0 Å². The number of carboxylic acids is 1. The van der Waals surface area contributed by atoms with Crippen LogP contribution in [0.15, 0.2) is 34.9 Å². The van der Waals surface area contributed by atoms with Crippen LogP contribution in [0.3, 0.4) is 0 Å². The molecule has 0 spiro atoms. The molecule has 0 unspecified atom stereocenters. The standard InChI is InChI=1S/C16H17BrFN3O3/c17-13-10-21(12-7-5-11(18)6-8-12)20-15(13)16(24)19-9-3-1-2-4-14(22)23/h5-8,10H,1-4,9H2,(H,19,24)(H,22,23). The van der Waals surface area contributed by atoms with E-state index in [9.17, 15) is 14.0 Å². The van der Waals surface area contributed by atoms with E-state index < -0.39 is 5.97 Å². The zero-order valence-corrected chi connectivity index (χ0v) is 14.4. The first-order valence-corrected chi connectivity index (χ1v) is 8.28. The highest BCUT2D eigenvalue weighted by molar-refractivity contribution is 9.10. The molecular weight excluding hydrogens is 381 g/mol. The van der Waals surface area contributed by atoms with Gasteiger partial charge in [0.1, 0.15) is 5.82 Å². The lowest BCUT2D eigenvalue weighted by molar-refractivity contribution is -0.137. The van der Waals surface area contributed by atoms with E-state index in [-0.39, 0.29) is 23.8 Å². The molecule has 0 aliphatic carbocycles. The molecule has 24 heavy (non-hydrogen) atoms. The van der Waals surface area contributed by atoms with Gasteiger partial charge in [0.05, 0.1) is 10.2 Å². The molecule has 8 heteroatoms. The molecule has 2 rings (SSSR count). The fourth-order valence-corrected chi connectivity index (χ4v) is 2.55. The van der Waals surface area contributed by atoms with Gasteiger partial charge in [-0.05, 0) is 53.0 Å². The molecule has 2 N–H and O–H groups in total. The summed E-state index contributed by atoms with van der Waals surface area (Å²) in [5.41, 5.74) is 0.884. The van der Waals surface area contributed by atoms with Crippen molar-refractivity contribution in [3.05, 3.63) is 46.4 Å². The Labute approximate surface area is 146 Å². The van der Waals surface area contributed by atoms with Gasteiger partial charge in [-0.25, -0.2) is 9.07 Å². The van der Waals surface area contributed by atoms with Crippen LogP contribution in [0.5, 0.6) is 0 Å². The maximum atomic E-state index is 13.0. The predicted octanol–water partition coefficient (Wildman–Crippen LogP) is 3.15. The fraction of sp³-hybridized carbons (Fsp3) is 0.312. The van der Waals surface area contributed by atoms with Gasteiger partial charge >= 0.3 is 5.97 Å². The third-order valence-electron chi connectivity index (χ3n) is 3.33. The number of carbonyl (C=O) groups excluding carboxylic acids is 1. The monoisotopic (exact) mass is 397 g/mol. The number of halogens is 2. The quantitative estimate of drug-likeness (QED) is 0.670. The molecule has 1 aromatic carbocycles. The molecule has 0 fully saturated rings. The molecule has 0 radical (unpaired) electrons. The van der Waals surface area contributed by atoms with Crippen LogP contribution in [0.1, 0.15) is 36.2 Å². The van der Waals surface area contributed by atoms with Crippen molar-refractivity contribution in [3.8, 4) is 5.69 Å². The Morgan fingerprint density at radius 1 is 1.21 bits per heavy atom. The second-order valence-electron chi connectivity index (χ2n) is 5.21. The van der Waals surface area contributed by atoms with Gasteiger partial charge in [-0.2, -0.15) is 5.10 Å². The van der Waals surface area contributed by atoms with E-state index in [1.807, 2.05) is 0 Å². The zero-order valence-electron chi connectivity index (χ0n) is 12.8. The summed E-state index contributed by atoms with van der Waals surface area (Å²) in [5, 5.41) is 15.5. The summed E-state index contributed by atoms with van der Waals surface area (Å²) in [6.07, 6.45) is 3.80. The van der Waals surface area contributed by atoms with Crippen molar-refractivity contribution in [1.29, 1.82) is 0 Å². The van der Waals surface area contributed by atoms with Gasteiger partial charge < -0.3 is 10.4 Å². The number of nitrogens with one attached hydrogen (secondary N) is 1. The minimum atomic E-state index is -0.811. The molecule has 0 saturated carbocycles. The van der Waals surface area contributed by atoms with Crippen molar-refractivity contribution in [2.45, 2.75) is 25.7 Å². The number of hydrogen-bond acceptors (Lipinski definition) is 3. The molecule has 0 saturated heterocycles. The summed E-state index contributed by atoms with van der Waals surface area (Å²) in [4.78, 5) is 22.5. The first-order chi connectivity index (χ1) is 11.5. The summed E-state index contributed by atoms with van der Waals surface area (Å²) in [5.74, 6) is -1.47. The molecule has 1 heterocycles. The second-order valence-corrected chi connectivity index (χ2v) is 6.06. The highest BCUT2D eigenvalue weighted by atomic mass is 79.9. The molecule has 1 aromatic heterocycles. The largest absolute Gasteiger partial charge is 0.481 e. The first-order valence-electron chi connectivity index (χ1n) is 7.48. The number of aromatic nitrogens is 2. The highest BCUT2D eigenvalue weighted by Gasteiger charge is 2.15. The van der Waals surface area contributed by atoms with Crippen LogP contribution in [0, 0.1) is 5.82 Å². The smallest absolute Gasteiger partial charge is 0.303 e. The fourth-order valence-electron chi connectivity index (χ4n) is 2.10. The van der Waals surface area contributed by atoms with E-state index in [1.54, 1.807) is 18.3 Å². The number of carbonyl (C=O) groups is 2. The van der Waals surface area contributed by atoms with Crippen LogP contribution in [-0.2, 0) is 4.79 Å². The van der Waals surface area contributed by atoms with Gasteiger partial charge in [-0.3, -0.25) is 9.59 Å². The number of nitrogens with zero attached hydrogens (tertiary/aromatic N) is 2.